The summed E-state index contributed by atoms with van der Waals surface area (Å²) in [6.07, 6.45) is 9.82. The van der Waals surface area contributed by atoms with Crippen LogP contribution in [0.25, 0.3) is 0 Å². The zero-order valence-corrected chi connectivity index (χ0v) is 16.4. The molecule has 2 aliphatic carbocycles. The maximum absolute atomic E-state index is 14.1. The maximum Gasteiger partial charge on any atom is 0.387 e. The Balaban J connectivity index is 1.56. The SMILES string of the molecule is CCCCCOC1CCC2CC(c3cc(F)c(OC(F)F)c(F)c3)CCC2C1. The zero-order valence-electron chi connectivity index (χ0n) is 16.4. The Morgan fingerprint density at radius 1 is 0.964 bits per heavy atom. The predicted octanol–water partition coefficient (Wildman–Crippen LogP) is 6.83. The van der Waals surface area contributed by atoms with Gasteiger partial charge in [-0.1, -0.05) is 19.8 Å². The van der Waals surface area contributed by atoms with E-state index in [1.54, 1.807) is 0 Å². The molecule has 4 unspecified atom stereocenters. The highest BCUT2D eigenvalue weighted by Gasteiger charge is 2.36. The lowest BCUT2D eigenvalue weighted by molar-refractivity contribution is -0.0547. The summed E-state index contributed by atoms with van der Waals surface area (Å²) in [6.45, 7) is -0.227. The molecule has 2 fully saturated rings. The second kappa shape index (κ2) is 9.95. The fourth-order valence-corrected chi connectivity index (χ4v) is 4.92. The first-order valence-electron chi connectivity index (χ1n) is 10.5. The van der Waals surface area contributed by atoms with Gasteiger partial charge in [0.05, 0.1) is 6.10 Å². The lowest BCUT2D eigenvalue weighted by atomic mass is 9.65. The quantitative estimate of drug-likeness (QED) is 0.351. The summed E-state index contributed by atoms with van der Waals surface area (Å²) in [5.41, 5.74) is 0.549. The molecule has 0 saturated heterocycles. The molecular formula is C22H30F4O2. The van der Waals surface area contributed by atoms with Crippen LogP contribution in [0.15, 0.2) is 12.1 Å². The molecule has 2 aliphatic rings. The molecule has 0 aromatic heterocycles. The first kappa shape index (κ1) is 21.4. The van der Waals surface area contributed by atoms with E-state index in [0.717, 1.165) is 63.7 Å². The summed E-state index contributed by atoms with van der Waals surface area (Å²) in [5.74, 6) is -1.89. The van der Waals surface area contributed by atoms with E-state index in [2.05, 4.69) is 11.7 Å². The Morgan fingerprint density at radius 3 is 2.32 bits per heavy atom. The Labute approximate surface area is 164 Å². The minimum atomic E-state index is -3.25. The molecule has 0 spiro atoms. The molecule has 6 heteroatoms. The number of fused-ring (bicyclic) bond motifs is 1. The molecule has 0 radical (unpaired) electrons. The van der Waals surface area contributed by atoms with Crippen LogP contribution in [0.3, 0.4) is 0 Å². The molecule has 158 valence electrons. The fraction of sp³-hybridized carbons (Fsp3) is 0.727. The van der Waals surface area contributed by atoms with Crippen molar-refractivity contribution in [3.05, 3.63) is 29.3 Å². The first-order valence-corrected chi connectivity index (χ1v) is 10.5. The summed E-state index contributed by atoms with van der Waals surface area (Å²) < 4.78 is 62.8. The topological polar surface area (TPSA) is 18.5 Å². The lowest BCUT2D eigenvalue weighted by Gasteiger charge is -2.42. The summed E-state index contributed by atoms with van der Waals surface area (Å²) in [7, 11) is 0. The number of hydrogen-bond donors (Lipinski definition) is 0. The van der Waals surface area contributed by atoms with Crippen molar-refractivity contribution in [1.29, 1.82) is 0 Å². The van der Waals surface area contributed by atoms with Gasteiger partial charge in [0, 0.05) is 6.61 Å². The number of ether oxygens (including phenoxy) is 2. The third-order valence-corrected chi connectivity index (χ3v) is 6.37. The molecule has 4 atom stereocenters. The van der Waals surface area contributed by atoms with E-state index >= 15 is 0 Å². The average molecular weight is 402 g/mol. The van der Waals surface area contributed by atoms with Gasteiger partial charge in [-0.2, -0.15) is 8.78 Å². The number of alkyl halides is 2. The van der Waals surface area contributed by atoms with Gasteiger partial charge in [-0.3, -0.25) is 0 Å². The summed E-state index contributed by atoms with van der Waals surface area (Å²) in [4.78, 5) is 0. The van der Waals surface area contributed by atoms with Crippen LogP contribution in [0.5, 0.6) is 5.75 Å². The van der Waals surface area contributed by atoms with E-state index < -0.39 is 24.0 Å². The summed E-state index contributed by atoms with van der Waals surface area (Å²) >= 11 is 0. The van der Waals surface area contributed by atoms with Crippen molar-refractivity contribution >= 4 is 0 Å². The van der Waals surface area contributed by atoms with E-state index in [9.17, 15) is 17.6 Å². The summed E-state index contributed by atoms with van der Waals surface area (Å²) in [5, 5.41) is 0. The van der Waals surface area contributed by atoms with Crippen LogP contribution in [-0.4, -0.2) is 19.3 Å². The largest absolute Gasteiger partial charge is 0.429 e. The van der Waals surface area contributed by atoms with E-state index in [0.29, 0.717) is 23.5 Å². The van der Waals surface area contributed by atoms with Crippen LogP contribution >= 0.6 is 0 Å². The first-order chi connectivity index (χ1) is 13.5. The van der Waals surface area contributed by atoms with Crippen molar-refractivity contribution in [2.45, 2.75) is 83.3 Å². The van der Waals surface area contributed by atoms with Gasteiger partial charge in [-0.05, 0) is 80.4 Å². The van der Waals surface area contributed by atoms with Crippen molar-refractivity contribution in [1.82, 2.24) is 0 Å². The minimum Gasteiger partial charge on any atom is -0.429 e. The van der Waals surface area contributed by atoms with E-state index in [4.69, 9.17) is 4.74 Å². The standard InChI is InChI=1S/C22H30F4O2/c1-2-3-4-9-27-18-8-7-14-10-15(5-6-16(14)11-18)17-12-19(23)21(20(24)13-17)28-22(25)26/h12-16,18,22H,2-11H2,1H3. The van der Waals surface area contributed by atoms with Gasteiger partial charge in [-0.25, -0.2) is 8.78 Å². The lowest BCUT2D eigenvalue weighted by Crippen LogP contribution is -2.34. The number of halogens is 4. The smallest absolute Gasteiger partial charge is 0.387 e. The minimum absolute atomic E-state index is 0.0628. The third kappa shape index (κ3) is 5.40. The van der Waals surface area contributed by atoms with Gasteiger partial charge in [0.15, 0.2) is 17.4 Å². The second-order valence-electron chi connectivity index (χ2n) is 8.24. The van der Waals surface area contributed by atoms with Crippen LogP contribution in [0, 0.1) is 23.5 Å². The molecule has 3 rings (SSSR count). The van der Waals surface area contributed by atoms with E-state index in [1.165, 1.54) is 12.8 Å². The molecule has 0 aliphatic heterocycles. The molecule has 1 aromatic rings. The van der Waals surface area contributed by atoms with Crippen molar-refractivity contribution in [2.24, 2.45) is 11.8 Å². The second-order valence-corrected chi connectivity index (χ2v) is 8.24. The average Bonchev–Trinajstić information content (AvgIpc) is 2.67. The van der Waals surface area contributed by atoms with Crippen molar-refractivity contribution < 1.29 is 27.0 Å². The van der Waals surface area contributed by atoms with Crippen LogP contribution < -0.4 is 4.74 Å². The molecule has 0 heterocycles. The molecule has 0 amide bonds. The Bertz CT molecular complexity index is 614. The normalized spacial score (nSPS) is 27.6. The van der Waals surface area contributed by atoms with Crippen molar-refractivity contribution in [2.75, 3.05) is 6.61 Å². The van der Waals surface area contributed by atoms with Crippen molar-refractivity contribution in [3.63, 3.8) is 0 Å². The van der Waals surface area contributed by atoms with Gasteiger partial charge in [0.2, 0.25) is 0 Å². The number of benzene rings is 1. The number of rotatable bonds is 8. The van der Waals surface area contributed by atoms with E-state index in [1.807, 2.05) is 0 Å². The highest BCUT2D eigenvalue weighted by atomic mass is 19.3. The molecule has 0 bridgehead atoms. The summed E-state index contributed by atoms with van der Waals surface area (Å²) in [6, 6.07) is 2.32. The van der Waals surface area contributed by atoms with Crippen LogP contribution in [0.4, 0.5) is 17.6 Å². The highest BCUT2D eigenvalue weighted by molar-refractivity contribution is 5.33. The monoisotopic (exact) mass is 402 g/mol. The molecular weight excluding hydrogens is 372 g/mol. The number of unbranched alkanes of at least 4 members (excludes halogenated alkanes) is 2. The highest BCUT2D eigenvalue weighted by Crippen LogP contribution is 2.47. The van der Waals surface area contributed by atoms with Crippen LogP contribution in [0.2, 0.25) is 0 Å². The van der Waals surface area contributed by atoms with Crippen molar-refractivity contribution in [3.8, 4) is 5.75 Å². The Hall–Kier alpha value is -1.30. The zero-order chi connectivity index (χ0) is 20.1. The third-order valence-electron chi connectivity index (χ3n) is 6.37. The van der Waals surface area contributed by atoms with Crippen LogP contribution in [0.1, 0.15) is 76.2 Å². The molecule has 2 nitrogen and oxygen atoms in total. The Morgan fingerprint density at radius 2 is 1.64 bits per heavy atom. The van der Waals surface area contributed by atoms with Crippen LogP contribution in [-0.2, 0) is 4.74 Å². The molecule has 0 N–H and O–H groups in total. The van der Waals surface area contributed by atoms with Gasteiger partial charge in [-0.15, -0.1) is 0 Å². The predicted molar refractivity (Wildman–Crippen MR) is 99.7 cm³/mol. The molecule has 1 aromatic carbocycles. The number of hydrogen-bond acceptors (Lipinski definition) is 2. The van der Waals surface area contributed by atoms with Gasteiger partial charge in [0.25, 0.3) is 0 Å². The van der Waals surface area contributed by atoms with E-state index in [-0.39, 0.29) is 5.92 Å². The van der Waals surface area contributed by atoms with Gasteiger partial charge < -0.3 is 9.47 Å². The molecule has 28 heavy (non-hydrogen) atoms. The van der Waals surface area contributed by atoms with Gasteiger partial charge in [0.1, 0.15) is 0 Å². The van der Waals surface area contributed by atoms with Gasteiger partial charge >= 0.3 is 6.61 Å². The Kier molecular flexibility index (Phi) is 7.61. The molecule has 2 saturated carbocycles. The maximum atomic E-state index is 14.1. The fourth-order valence-electron chi connectivity index (χ4n) is 4.92.